The molecule has 0 saturated heterocycles. The van der Waals surface area contributed by atoms with Crippen molar-refractivity contribution in [2.75, 3.05) is 11.9 Å². The van der Waals surface area contributed by atoms with E-state index in [4.69, 9.17) is 22.8 Å². The molecule has 0 unspecified atom stereocenters. The van der Waals surface area contributed by atoms with Gasteiger partial charge in [-0.25, -0.2) is 0 Å². The summed E-state index contributed by atoms with van der Waals surface area (Å²) >= 11 is 5.77. The van der Waals surface area contributed by atoms with Gasteiger partial charge in [0.25, 0.3) is 0 Å². The summed E-state index contributed by atoms with van der Waals surface area (Å²) in [7, 11) is 0. The van der Waals surface area contributed by atoms with E-state index >= 15 is 0 Å². The second-order valence-corrected chi connectivity index (χ2v) is 4.23. The fraction of sp³-hybridized carbons (Fsp3) is 0.545. The van der Waals surface area contributed by atoms with Gasteiger partial charge in [-0.1, -0.05) is 12.8 Å². The van der Waals surface area contributed by atoms with Crippen molar-refractivity contribution in [3.05, 3.63) is 5.28 Å². The van der Waals surface area contributed by atoms with Crippen molar-refractivity contribution in [2.24, 2.45) is 0 Å². The summed E-state index contributed by atoms with van der Waals surface area (Å²) in [5.41, 5.74) is -0.785. The smallest absolute Gasteiger partial charge is 0.324 e. The summed E-state index contributed by atoms with van der Waals surface area (Å²) < 4.78 is 5.43. The van der Waals surface area contributed by atoms with Crippen molar-refractivity contribution in [1.82, 2.24) is 15.0 Å². The highest BCUT2D eigenvalue weighted by atomic mass is 35.5. The average Bonchev–Trinajstić information content (AvgIpc) is 2.25. The first-order valence-electron chi connectivity index (χ1n) is 5.29. The predicted molar refractivity (Wildman–Crippen MR) is 67.2 cm³/mol. The molecule has 1 aromatic rings. The molecule has 0 saturated carbocycles. The van der Waals surface area contributed by atoms with Gasteiger partial charge in [0, 0.05) is 6.54 Å². The van der Waals surface area contributed by atoms with E-state index in [-0.39, 0.29) is 11.3 Å². The van der Waals surface area contributed by atoms with Crippen LogP contribution < -0.4 is 10.1 Å². The molecule has 0 aliphatic carbocycles. The molecule has 0 amide bonds. The van der Waals surface area contributed by atoms with Gasteiger partial charge in [0.05, 0.1) is 0 Å². The average molecular weight is 255 g/mol. The van der Waals surface area contributed by atoms with Crippen LogP contribution in [0.4, 0.5) is 5.95 Å². The molecule has 1 N–H and O–H groups in total. The minimum absolute atomic E-state index is 0.0708. The highest BCUT2D eigenvalue weighted by Gasteiger charge is 2.18. The lowest BCUT2D eigenvalue weighted by Crippen LogP contribution is -2.27. The molecule has 92 valence electrons. The third kappa shape index (κ3) is 4.45. The molecule has 0 spiro atoms. The minimum Gasteiger partial charge on any atom is -0.444 e. The summed E-state index contributed by atoms with van der Waals surface area (Å²) in [6, 6.07) is 0.117. The largest absolute Gasteiger partial charge is 0.444 e. The summed E-state index contributed by atoms with van der Waals surface area (Å²) in [5, 5.41) is 3.07. The molecule has 0 aromatic carbocycles. The molecule has 0 aliphatic rings. The maximum atomic E-state index is 5.77. The van der Waals surface area contributed by atoms with Crippen LogP contribution in [-0.2, 0) is 0 Å². The zero-order valence-electron chi connectivity index (χ0n) is 10.1. The maximum Gasteiger partial charge on any atom is 0.324 e. The van der Waals surface area contributed by atoms with Gasteiger partial charge >= 0.3 is 6.01 Å². The number of halogens is 1. The Bertz CT molecular complexity index is 428. The molecular weight excluding hydrogens is 240 g/mol. The van der Waals surface area contributed by atoms with E-state index in [1.54, 1.807) is 13.8 Å². The highest BCUT2D eigenvalue weighted by Crippen LogP contribution is 2.16. The zero-order chi connectivity index (χ0) is 12.9. The van der Waals surface area contributed by atoms with Crippen LogP contribution in [0.25, 0.3) is 0 Å². The van der Waals surface area contributed by atoms with E-state index in [0.29, 0.717) is 5.95 Å². The van der Waals surface area contributed by atoms with Crippen LogP contribution in [0.2, 0.25) is 5.28 Å². The van der Waals surface area contributed by atoms with E-state index in [2.05, 4.69) is 26.2 Å². The Morgan fingerprint density at radius 1 is 1.41 bits per heavy atom. The van der Waals surface area contributed by atoms with Gasteiger partial charge in [-0.2, -0.15) is 15.0 Å². The van der Waals surface area contributed by atoms with Crippen molar-refractivity contribution in [3.8, 4) is 18.4 Å². The molecular formula is C11H15ClN4O. The first kappa shape index (κ1) is 13.5. The maximum absolute atomic E-state index is 5.77. The number of aromatic nitrogens is 3. The number of ether oxygens (including phenoxy) is 1. The number of nitrogens with one attached hydrogen (secondary N) is 1. The van der Waals surface area contributed by atoms with Crippen molar-refractivity contribution in [3.63, 3.8) is 0 Å². The third-order valence-corrected chi connectivity index (χ3v) is 1.98. The van der Waals surface area contributed by atoms with Gasteiger partial charge in [-0.15, -0.1) is 6.42 Å². The quantitative estimate of drug-likeness (QED) is 0.816. The number of anilines is 1. The van der Waals surface area contributed by atoms with Crippen LogP contribution in [0.5, 0.6) is 6.01 Å². The van der Waals surface area contributed by atoms with E-state index in [1.165, 1.54) is 0 Å². The van der Waals surface area contributed by atoms with E-state index in [0.717, 1.165) is 13.0 Å². The van der Waals surface area contributed by atoms with Gasteiger partial charge in [-0.3, -0.25) is 0 Å². The Labute approximate surface area is 106 Å². The predicted octanol–water partition coefficient (Wildman–Crippen LogP) is 2.14. The van der Waals surface area contributed by atoms with Gasteiger partial charge < -0.3 is 10.1 Å². The molecule has 1 heterocycles. The monoisotopic (exact) mass is 254 g/mol. The molecule has 1 aromatic heterocycles. The van der Waals surface area contributed by atoms with E-state index in [9.17, 15) is 0 Å². The third-order valence-electron chi connectivity index (χ3n) is 1.81. The van der Waals surface area contributed by atoms with Crippen molar-refractivity contribution in [1.29, 1.82) is 0 Å². The number of hydrogen-bond acceptors (Lipinski definition) is 5. The number of terminal acetylenes is 1. The Hall–Kier alpha value is -1.54. The second-order valence-electron chi connectivity index (χ2n) is 3.89. The molecule has 0 fully saturated rings. The molecule has 0 atom stereocenters. The SMILES string of the molecule is C#CC(C)(C)Oc1nc(Cl)nc(NCCC)n1. The van der Waals surface area contributed by atoms with Gasteiger partial charge in [0.2, 0.25) is 11.2 Å². The van der Waals surface area contributed by atoms with Crippen LogP contribution in [0.3, 0.4) is 0 Å². The van der Waals surface area contributed by atoms with Crippen LogP contribution in [0, 0.1) is 12.3 Å². The van der Waals surface area contributed by atoms with E-state index in [1.807, 2.05) is 6.92 Å². The van der Waals surface area contributed by atoms with Gasteiger partial charge in [0.1, 0.15) is 0 Å². The molecule has 5 nitrogen and oxygen atoms in total. The number of rotatable bonds is 5. The number of nitrogens with zero attached hydrogens (tertiary/aromatic N) is 3. The fourth-order valence-electron chi connectivity index (χ4n) is 0.951. The normalized spacial score (nSPS) is 10.8. The lowest BCUT2D eigenvalue weighted by atomic mass is 10.2. The standard InChI is InChI=1S/C11H15ClN4O/c1-5-7-13-9-14-8(12)15-10(16-9)17-11(3,4)6-2/h2H,5,7H2,1,3-4H3,(H,13,14,15,16). The summed E-state index contributed by atoms with van der Waals surface area (Å²) in [5.74, 6) is 2.87. The number of hydrogen-bond donors (Lipinski definition) is 1. The van der Waals surface area contributed by atoms with Crippen molar-refractivity contribution >= 4 is 17.5 Å². The molecule has 6 heteroatoms. The van der Waals surface area contributed by atoms with E-state index < -0.39 is 5.60 Å². The van der Waals surface area contributed by atoms with Crippen molar-refractivity contribution in [2.45, 2.75) is 32.8 Å². The van der Waals surface area contributed by atoms with Gasteiger partial charge in [0.15, 0.2) is 5.60 Å². The first-order chi connectivity index (χ1) is 7.96. The van der Waals surface area contributed by atoms with Crippen molar-refractivity contribution < 1.29 is 4.74 Å². The Morgan fingerprint density at radius 3 is 2.71 bits per heavy atom. The lowest BCUT2D eigenvalue weighted by molar-refractivity contribution is 0.156. The summed E-state index contributed by atoms with van der Waals surface area (Å²) in [6.07, 6.45) is 6.27. The summed E-state index contributed by atoms with van der Waals surface area (Å²) in [4.78, 5) is 11.9. The molecule has 1 rings (SSSR count). The lowest BCUT2D eigenvalue weighted by Gasteiger charge is -2.18. The Kier molecular flexibility index (Phi) is 4.53. The zero-order valence-corrected chi connectivity index (χ0v) is 10.9. The van der Waals surface area contributed by atoms with Gasteiger partial charge in [-0.05, 0) is 31.9 Å². The highest BCUT2D eigenvalue weighted by molar-refractivity contribution is 6.28. The topological polar surface area (TPSA) is 59.9 Å². The minimum atomic E-state index is -0.785. The molecule has 17 heavy (non-hydrogen) atoms. The first-order valence-corrected chi connectivity index (χ1v) is 5.67. The summed E-state index contributed by atoms with van der Waals surface area (Å²) in [6.45, 7) is 6.26. The molecule has 0 bridgehead atoms. The van der Waals surface area contributed by atoms with Crippen LogP contribution >= 0.6 is 11.6 Å². The molecule has 0 aliphatic heterocycles. The van der Waals surface area contributed by atoms with Crippen LogP contribution in [-0.4, -0.2) is 27.1 Å². The fourth-order valence-corrected chi connectivity index (χ4v) is 1.10. The Balaban J connectivity index is 2.86. The molecule has 0 radical (unpaired) electrons. The second kappa shape index (κ2) is 5.69. The van der Waals surface area contributed by atoms with Crippen LogP contribution in [0.1, 0.15) is 27.2 Å². The van der Waals surface area contributed by atoms with Crippen LogP contribution in [0.15, 0.2) is 0 Å². The Morgan fingerprint density at radius 2 is 2.12 bits per heavy atom.